The van der Waals surface area contributed by atoms with Crippen LogP contribution in [0.15, 0.2) is 53.0 Å². The molecule has 0 amide bonds. The van der Waals surface area contributed by atoms with Gasteiger partial charge in [-0.3, -0.25) is 9.98 Å². The SMILES string of the molecule is CCCCCCCCC=CCCCCCCCC1=NCCN1CCO.CCCCCCCCCCCCCCCC=CC1=NCCN1CCO.OCCn1ccnc1. The summed E-state index contributed by atoms with van der Waals surface area (Å²) >= 11 is 0. The molecule has 0 radical (unpaired) electrons. The van der Waals surface area contributed by atoms with E-state index in [0.29, 0.717) is 13.1 Å². The number of aromatic nitrogens is 2. The van der Waals surface area contributed by atoms with Crippen LogP contribution in [0, 0.1) is 0 Å². The van der Waals surface area contributed by atoms with Crippen LogP contribution in [0.3, 0.4) is 0 Å². The normalized spacial score (nSPS) is 13.9. The number of hydrogen-bond acceptors (Lipinski definition) is 8. The lowest BCUT2D eigenvalue weighted by atomic mass is 10.0. The van der Waals surface area contributed by atoms with E-state index in [1.54, 1.807) is 12.5 Å². The van der Waals surface area contributed by atoms with Crippen molar-refractivity contribution in [1.29, 1.82) is 0 Å². The maximum absolute atomic E-state index is 9.05. The molecule has 0 saturated carbocycles. The predicted molar refractivity (Wildman–Crippen MR) is 250 cm³/mol. The van der Waals surface area contributed by atoms with Crippen LogP contribution in [0.4, 0.5) is 0 Å². The van der Waals surface area contributed by atoms with E-state index in [9.17, 15) is 0 Å². The zero-order valence-electron chi connectivity index (χ0n) is 37.9. The van der Waals surface area contributed by atoms with Gasteiger partial charge in [-0.15, -0.1) is 0 Å². The fourth-order valence-electron chi connectivity index (χ4n) is 7.49. The van der Waals surface area contributed by atoms with Crippen molar-refractivity contribution in [3.8, 4) is 0 Å². The first-order chi connectivity index (χ1) is 28.7. The highest BCUT2D eigenvalue weighted by Crippen LogP contribution is 2.15. The number of rotatable bonds is 36. The van der Waals surface area contributed by atoms with Gasteiger partial charge in [0, 0.05) is 51.5 Å². The topological polar surface area (TPSA) is 110 Å². The second kappa shape index (κ2) is 42.6. The van der Waals surface area contributed by atoms with Gasteiger partial charge in [-0.2, -0.15) is 0 Å². The number of aliphatic imine (C=N–C) groups is 2. The molecule has 58 heavy (non-hydrogen) atoms. The van der Waals surface area contributed by atoms with Gasteiger partial charge in [-0.1, -0.05) is 160 Å². The summed E-state index contributed by atoms with van der Waals surface area (Å²) in [7, 11) is 0. The Morgan fingerprint density at radius 2 is 0.966 bits per heavy atom. The van der Waals surface area contributed by atoms with Crippen LogP contribution in [0.25, 0.3) is 0 Å². The molecular weight excluding hydrogens is 721 g/mol. The molecule has 3 heterocycles. The van der Waals surface area contributed by atoms with Crippen LogP contribution in [0.2, 0.25) is 0 Å². The minimum atomic E-state index is 0.177. The van der Waals surface area contributed by atoms with Crippen molar-refractivity contribution < 1.29 is 15.3 Å². The molecule has 0 aliphatic carbocycles. The number of allylic oxidation sites excluding steroid dienone is 3. The molecule has 9 heteroatoms. The van der Waals surface area contributed by atoms with Crippen molar-refractivity contribution >= 4 is 11.7 Å². The molecule has 0 unspecified atom stereocenters. The third-order valence-electron chi connectivity index (χ3n) is 11.1. The van der Waals surface area contributed by atoms with Crippen molar-refractivity contribution in [2.75, 3.05) is 59.1 Å². The largest absolute Gasteiger partial charge is 0.395 e. The zero-order valence-corrected chi connectivity index (χ0v) is 37.9. The fraction of sp³-hybridized carbons (Fsp3) is 0.816. The van der Waals surface area contributed by atoms with Gasteiger partial charge in [-0.25, -0.2) is 4.98 Å². The second-order valence-corrected chi connectivity index (χ2v) is 16.3. The first-order valence-corrected chi connectivity index (χ1v) is 24.4. The summed E-state index contributed by atoms with van der Waals surface area (Å²) in [4.78, 5) is 17.2. The number of aliphatic hydroxyl groups is 3. The smallest absolute Gasteiger partial charge is 0.123 e. The van der Waals surface area contributed by atoms with E-state index in [1.807, 2.05) is 10.8 Å². The fourth-order valence-corrected chi connectivity index (χ4v) is 7.49. The Morgan fingerprint density at radius 1 is 0.517 bits per heavy atom. The molecule has 0 fully saturated rings. The third kappa shape index (κ3) is 32.4. The zero-order chi connectivity index (χ0) is 41.8. The molecule has 1 aromatic heterocycles. The molecule has 2 aliphatic rings. The molecule has 0 bridgehead atoms. The van der Waals surface area contributed by atoms with Crippen LogP contribution in [0.5, 0.6) is 0 Å². The molecular formula is C49H92N6O3. The molecule has 2 aliphatic heterocycles. The summed E-state index contributed by atoms with van der Waals surface area (Å²) in [5.41, 5.74) is 0. The average Bonchev–Trinajstić information content (AvgIpc) is 4.03. The lowest BCUT2D eigenvalue weighted by Gasteiger charge is -2.18. The molecule has 3 rings (SSSR count). The standard InChI is InChI=1S/2C22H42N2O.C5H8N2O/c2*1-2-3-4-5-6-7-8-9-10-11-12-13-14-15-16-17-22-23-18-19-24(22)20-21-25;8-4-3-7-2-1-6-5-7/h16-17,25H,2-15,18-21H2,1H3;9-10,25H,2-8,11-21H2,1H3;1-2,5,8H,3-4H2. The highest BCUT2D eigenvalue weighted by molar-refractivity contribution is 5.94. The Balaban J connectivity index is 0.000000486. The average molecular weight is 813 g/mol. The van der Waals surface area contributed by atoms with Crippen molar-refractivity contribution in [2.45, 2.75) is 200 Å². The lowest BCUT2D eigenvalue weighted by Crippen LogP contribution is -2.30. The highest BCUT2D eigenvalue weighted by Gasteiger charge is 2.15. The first-order valence-electron chi connectivity index (χ1n) is 24.4. The Labute approximate surface area is 357 Å². The van der Waals surface area contributed by atoms with Gasteiger partial charge in [0.05, 0.1) is 45.1 Å². The van der Waals surface area contributed by atoms with Crippen molar-refractivity contribution in [2.24, 2.45) is 9.98 Å². The summed E-state index contributed by atoms with van der Waals surface area (Å²) in [5, 5.41) is 26.5. The van der Waals surface area contributed by atoms with Crippen molar-refractivity contribution in [3.63, 3.8) is 0 Å². The van der Waals surface area contributed by atoms with Gasteiger partial charge in [-0.05, 0) is 51.0 Å². The van der Waals surface area contributed by atoms with Crippen LogP contribution in [0.1, 0.15) is 194 Å². The van der Waals surface area contributed by atoms with Crippen LogP contribution in [-0.4, -0.2) is 105 Å². The third-order valence-corrected chi connectivity index (χ3v) is 11.1. The Bertz CT molecular complexity index is 1110. The maximum Gasteiger partial charge on any atom is 0.123 e. The van der Waals surface area contributed by atoms with E-state index in [0.717, 1.165) is 51.4 Å². The Kier molecular flexibility index (Phi) is 39.3. The highest BCUT2D eigenvalue weighted by atomic mass is 16.3. The summed E-state index contributed by atoms with van der Waals surface area (Å²) < 4.78 is 1.82. The Morgan fingerprint density at radius 3 is 1.47 bits per heavy atom. The van der Waals surface area contributed by atoms with Crippen molar-refractivity contribution in [3.05, 3.63) is 43.0 Å². The number of aliphatic hydroxyl groups excluding tert-OH is 3. The molecule has 1 aromatic rings. The van der Waals surface area contributed by atoms with E-state index in [1.165, 1.54) is 173 Å². The number of hydrogen-bond donors (Lipinski definition) is 3. The van der Waals surface area contributed by atoms with E-state index in [2.05, 4.69) is 62.9 Å². The Hall–Kier alpha value is -2.49. The van der Waals surface area contributed by atoms with Crippen LogP contribution in [-0.2, 0) is 6.54 Å². The van der Waals surface area contributed by atoms with Gasteiger partial charge in [0.15, 0.2) is 0 Å². The molecule has 0 spiro atoms. The summed E-state index contributed by atoms with van der Waals surface area (Å²) in [5.74, 6) is 2.29. The molecule has 0 atom stereocenters. The van der Waals surface area contributed by atoms with Gasteiger partial charge in [0.1, 0.15) is 5.84 Å². The van der Waals surface area contributed by atoms with E-state index in [4.69, 9.17) is 15.3 Å². The van der Waals surface area contributed by atoms with E-state index >= 15 is 0 Å². The summed E-state index contributed by atoms with van der Waals surface area (Å²) in [6.07, 6.45) is 52.5. The van der Waals surface area contributed by atoms with E-state index < -0.39 is 0 Å². The second-order valence-electron chi connectivity index (χ2n) is 16.3. The predicted octanol–water partition coefficient (Wildman–Crippen LogP) is 11.3. The van der Waals surface area contributed by atoms with Crippen molar-refractivity contribution in [1.82, 2.24) is 19.4 Å². The maximum atomic E-state index is 9.05. The number of unbranched alkanes of at least 4 members (excludes halogenated alkanes) is 24. The molecule has 0 aromatic carbocycles. The van der Waals surface area contributed by atoms with Gasteiger partial charge in [0.25, 0.3) is 0 Å². The van der Waals surface area contributed by atoms with Crippen LogP contribution >= 0.6 is 0 Å². The summed E-state index contributed by atoms with van der Waals surface area (Å²) in [6.45, 7) is 11.0. The minimum Gasteiger partial charge on any atom is -0.395 e. The van der Waals surface area contributed by atoms with Gasteiger partial charge >= 0.3 is 0 Å². The van der Waals surface area contributed by atoms with Crippen LogP contribution < -0.4 is 0 Å². The summed E-state index contributed by atoms with van der Waals surface area (Å²) in [6, 6.07) is 0. The molecule has 3 N–H and O–H groups in total. The molecule has 0 saturated heterocycles. The molecule has 336 valence electrons. The quantitative estimate of drug-likeness (QED) is 0.0460. The number of amidine groups is 2. The monoisotopic (exact) mass is 813 g/mol. The van der Waals surface area contributed by atoms with E-state index in [-0.39, 0.29) is 19.8 Å². The number of imidazole rings is 1. The molecule has 9 nitrogen and oxygen atoms in total. The van der Waals surface area contributed by atoms with Gasteiger partial charge in [0.2, 0.25) is 0 Å². The minimum absolute atomic E-state index is 0.177. The first kappa shape index (κ1) is 53.5. The lowest BCUT2D eigenvalue weighted by molar-refractivity contribution is 0.255. The number of β-amino-alcohol motifs (C(OH)–C–C–N with tert-alkyl or cyclic N) is 2. The van der Waals surface area contributed by atoms with Gasteiger partial charge < -0.3 is 29.7 Å². The number of nitrogens with zero attached hydrogens (tertiary/aromatic N) is 6.